The van der Waals surface area contributed by atoms with Gasteiger partial charge < -0.3 is 10.6 Å². The Labute approximate surface area is 144 Å². The third-order valence-corrected chi connectivity index (χ3v) is 3.87. The topological polar surface area (TPSA) is 101 Å². The average molecular weight is 339 g/mol. The minimum Gasteiger partial charge on any atom is -0.371 e. The van der Waals surface area contributed by atoms with Gasteiger partial charge in [-0.25, -0.2) is 0 Å². The van der Waals surface area contributed by atoms with Crippen molar-refractivity contribution in [2.45, 2.75) is 18.9 Å². The number of nitrogens with one attached hydrogen (secondary N) is 2. The van der Waals surface area contributed by atoms with Crippen molar-refractivity contribution < 1.29 is 14.5 Å². The summed E-state index contributed by atoms with van der Waals surface area (Å²) in [7, 11) is 0. The molecule has 0 spiro atoms. The van der Waals surface area contributed by atoms with Crippen molar-refractivity contribution in [2.24, 2.45) is 0 Å². The SMILES string of the molecule is O=C(CNc1ccc(C(=O)c2ccccc2)cc1[N+](=O)[O-])NC1CC1. The summed E-state index contributed by atoms with van der Waals surface area (Å²) in [4.78, 5) is 34.9. The zero-order chi connectivity index (χ0) is 17.8. The van der Waals surface area contributed by atoms with Crippen molar-refractivity contribution in [3.63, 3.8) is 0 Å². The number of benzene rings is 2. The summed E-state index contributed by atoms with van der Waals surface area (Å²) in [5.74, 6) is -0.497. The third kappa shape index (κ3) is 4.20. The summed E-state index contributed by atoms with van der Waals surface area (Å²) in [6.45, 7) is -0.0523. The minimum absolute atomic E-state index is 0.0523. The molecule has 1 aliphatic rings. The Morgan fingerprint density at radius 2 is 1.80 bits per heavy atom. The van der Waals surface area contributed by atoms with E-state index < -0.39 is 4.92 Å². The van der Waals surface area contributed by atoms with E-state index >= 15 is 0 Å². The third-order valence-electron chi connectivity index (χ3n) is 3.87. The number of amides is 1. The largest absolute Gasteiger partial charge is 0.371 e. The first kappa shape index (κ1) is 16.6. The highest BCUT2D eigenvalue weighted by Gasteiger charge is 2.24. The number of nitro benzene ring substituents is 1. The second-order valence-electron chi connectivity index (χ2n) is 5.88. The van der Waals surface area contributed by atoms with Gasteiger partial charge in [0.2, 0.25) is 5.91 Å². The van der Waals surface area contributed by atoms with Gasteiger partial charge in [0, 0.05) is 23.2 Å². The molecular weight excluding hydrogens is 322 g/mol. The normalized spacial score (nSPS) is 13.1. The summed E-state index contributed by atoms with van der Waals surface area (Å²) in [5, 5.41) is 16.9. The summed E-state index contributed by atoms with van der Waals surface area (Å²) in [6.07, 6.45) is 1.95. The number of nitro groups is 1. The Balaban J connectivity index is 1.76. The Hall–Kier alpha value is -3.22. The maximum atomic E-state index is 12.4. The standard InChI is InChI=1S/C18H17N3O4/c22-17(20-14-7-8-14)11-19-15-9-6-13(10-16(15)21(24)25)18(23)12-4-2-1-3-5-12/h1-6,9-10,14,19H,7-8,11H2,(H,20,22). The number of nitrogens with zero attached hydrogens (tertiary/aromatic N) is 1. The fourth-order valence-electron chi connectivity index (χ4n) is 2.41. The van der Waals surface area contributed by atoms with Gasteiger partial charge in [0.1, 0.15) is 5.69 Å². The van der Waals surface area contributed by atoms with Crippen LogP contribution in [0.2, 0.25) is 0 Å². The molecule has 0 aromatic heterocycles. The highest BCUT2D eigenvalue weighted by Crippen LogP contribution is 2.26. The number of hydrogen-bond acceptors (Lipinski definition) is 5. The highest BCUT2D eigenvalue weighted by molar-refractivity contribution is 6.09. The Bertz CT molecular complexity index is 816. The second-order valence-corrected chi connectivity index (χ2v) is 5.88. The summed E-state index contributed by atoms with van der Waals surface area (Å²) >= 11 is 0. The first-order chi connectivity index (χ1) is 12.0. The van der Waals surface area contributed by atoms with E-state index in [9.17, 15) is 19.7 Å². The van der Waals surface area contributed by atoms with Crippen LogP contribution in [-0.4, -0.2) is 29.2 Å². The number of rotatable bonds is 7. The molecule has 1 saturated carbocycles. The first-order valence-corrected chi connectivity index (χ1v) is 7.96. The molecule has 3 rings (SSSR count). The number of ketones is 1. The van der Waals surface area contributed by atoms with Gasteiger partial charge in [-0.2, -0.15) is 0 Å². The second kappa shape index (κ2) is 7.12. The van der Waals surface area contributed by atoms with E-state index in [2.05, 4.69) is 10.6 Å². The number of carbonyl (C=O) groups is 2. The molecule has 0 heterocycles. The van der Waals surface area contributed by atoms with Crippen LogP contribution in [0.25, 0.3) is 0 Å². The molecule has 1 fully saturated rings. The molecule has 1 amide bonds. The van der Waals surface area contributed by atoms with Crippen LogP contribution in [0.3, 0.4) is 0 Å². The quantitative estimate of drug-likeness (QED) is 0.458. The minimum atomic E-state index is -0.567. The maximum absolute atomic E-state index is 12.4. The lowest BCUT2D eigenvalue weighted by atomic mass is 10.0. The molecule has 128 valence electrons. The molecule has 0 saturated heterocycles. The summed E-state index contributed by atoms with van der Waals surface area (Å²) in [6, 6.07) is 13.0. The van der Waals surface area contributed by atoms with E-state index in [0.717, 1.165) is 12.8 Å². The smallest absolute Gasteiger partial charge is 0.293 e. The van der Waals surface area contributed by atoms with Gasteiger partial charge in [-0.15, -0.1) is 0 Å². The maximum Gasteiger partial charge on any atom is 0.293 e. The van der Waals surface area contributed by atoms with E-state index in [-0.39, 0.29) is 41.2 Å². The van der Waals surface area contributed by atoms with E-state index in [1.165, 1.54) is 18.2 Å². The first-order valence-electron chi connectivity index (χ1n) is 7.96. The number of carbonyl (C=O) groups excluding carboxylic acids is 2. The molecule has 0 unspecified atom stereocenters. The highest BCUT2D eigenvalue weighted by atomic mass is 16.6. The Morgan fingerprint density at radius 3 is 2.44 bits per heavy atom. The van der Waals surface area contributed by atoms with Crippen LogP contribution >= 0.6 is 0 Å². The molecule has 0 aliphatic heterocycles. The van der Waals surface area contributed by atoms with Crippen LogP contribution in [0.4, 0.5) is 11.4 Å². The zero-order valence-electron chi connectivity index (χ0n) is 13.4. The molecule has 7 nitrogen and oxygen atoms in total. The van der Waals surface area contributed by atoms with E-state index in [0.29, 0.717) is 5.56 Å². The van der Waals surface area contributed by atoms with E-state index in [1.807, 2.05) is 0 Å². The molecule has 2 aromatic rings. The molecule has 0 bridgehead atoms. The Kier molecular flexibility index (Phi) is 4.74. The molecule has 2 N–H and O–H groups in total. The summed E-state index contributed by atoms with van der Waals surface area (Å²) < 4.78 is 0. The lowest BCUT2D eigenvalue weighted by Gasteiger charge is -2.09. The average Bonchev–Trinajstić information content (AvgIpc) is 3.43. The zero-order valence-corrected chi connectivity index (χ0v) is 13.4. The van der Waals surface area contributed by atoms with Crippen molar-refractivity contribution in [3.05, 3.63) is 69.8 Å². The molecule has 1 aliphatic carbocycles. The number of anilines is 1. The molecule has 2 aromatic carbocycles. The fraction of sp³-hybridized carbons (Fsp3) is 0.222. The lowest BCUT2D eigenvalue weighted by Crippen LogP contribution is -2.31. The van der Waals surface area contributed by atoms with E-state index in [1.54, 1.807) is 30.3 Å². The molecular formula is C18H17N3O4. The molecule has 7 heteroatoms. The van der Waals surface area contributed by atoms with Crippen LogP contribution in [0, 0.1) is 10.1 Å². The lowest BCUT2D eigenvalue weighted by molar-refractivity contribution is -0.384. The van der Waals surface area contributed by atoms with Gasteiger partial charge in [-0.05, 0) is 25.0 Å². The van der Waals surface area contributed by atoms with E-state index in [4.69, 9.17) is 0 Å². The van der Waals surface area contributed by atoms with Gasteiger partial charge in [0.25, 0.3) is 5.69 Å². The predicted octanol–water partition coefficient (Wildman–Crippen LogP) is 2.52. The molecule has 0 radical (unpaired) electrons. The van der Waals surface area contributed by atoms with Gasteiger partial charge in [0.05, 0.1) is 11.5 Å². The van der Waals surface area contributed by atoms with Crippen molar-refractivity contribution in [2.75, 3.05) is 11.9 Å². The summed E-state index contributed by atoms with van der Waals surface area (Å²) in [5.41, 5.74) is 0.661. The van der Waals surface area contributed by atoms with Crippen molar-refractivity contribution in [3.8, 4) is 0 Å². The van der Waals surface area contributed by atoms with Gasteiger partial charge >= 0.3 is 0 Å². The van der Waals surface area contributed by atoms with Crippen LogP contribution in [0.5, 0.6) is 0 Å². The predicted molar refractivity (Wildman–Crippen MR) is 92.6 cm³/mol. The molecule has 25 heavy (non-hydrogen) atoms. The van der Waals surface area contributed by atoms with Crippen LogP contribution < -0.4 is 10.6 Å². The Morgan fingerprint density at radius 1 is 1.08 bits per heavy atom. The molecule has 0 atom stereocenters. The number of hydrogen-bond donors (Lipinski definition) is 2. The van der Waals surface area contributed by atoms with Crippen LogP contribution in [0.1, 0.15) is 28.8 Å². The van der Waals surface area contributed by atoms with Crippen LogP contribution in [0.15, 0.2) is 48.5 Å². The van der Waals surface area contributed by atoms with Crippen LogP contribution in [-0.2, 0) is 4.79 Å². The van der Waals surface area contributed by atoms with Crippen molar-refractivity contribution in [1.82, 2.24) is 5.32 Å². The van der Waals surface area contributed by atoms with Gasteiger partial charge in [0.15, 0.2) is 5.78 Å². The van der Waals surface area contributed by atoms with Crippen molar-refractivity contribution >= 4 is 23.1 Å². The van der Waals surface area contributed by atoms with Crippen molar-refractivity contribution in [1.29, 1.82) is 0 Å². The van der Waals surface area contributed by atoms with Gasteiger partial charge in [-0.1, -0.05) is 30.3 Å². The monoisotopic (exact) mass is 339 g/mol. The van der Waals surface area contributed by atoms with Gasteiger partial charge in [-0.3, -0.25) is 19.7 Å². The fourth-order valence-corrected chi connectivity index (χ4v) is 2.41.